The van der Waals surface area contributed by atoms with E-state index in [0.29, 0.717) is 23.1 Å². The normalized spacial score (nSPS) is 12.7. The molecule has 1 aromatic heterocycles. The summed E-state index contributed by atoms with van der Waals surface area (Å²) in [6.07, 6.45) is 0. The fourth-order valence-corrected chi connectivity index (χ4v) is 5.31. The lowest BCUT2D eigenvalue weighted by atomic mass is 10.3. The molecule has 0 spiro atoms. The van der Waals surface area contributed by atoms with Crippen LogP contribution in [0.2, 0.25) is 0 Å². The van der Waals surface area contributed by atoms with E-state index in [1.54, 1.807) is 0 Å². The fraction of sp³-hybridized carbons (Fsp3) is 0.231. The van der Waals surface area contributed by atoms with Gasteiger partial charge < -0.3 is 0 Å². The number of nitrogens with zero attached hydrogens (tertiary/aromatic N) is 1. The van der Waals surface area contributed by atoms with E-state index in [-0.39, 0.29) is 10.8 Å². The van der Waals surface area contributed by atoms with Crippen LogP contribution in [0, 0.1) is 11.6 Å². The number of thiophene rings is 1. The lowest BCUT2D eigenvalue weighted by Gasteiger charge is -2.08. The molecule has 6 nitrogen and oxygen atoms in total. The Morgan fingerprint density at radius 1 is 1.04 bits per heavy atom. The van der Waals surface area contributed by atoms with Crippen molar-refractivity contribution >= 4 is 31.4 Å². The molecule has 11 heteroatoms. The summed E-state index contributed by atoms with van der Waals surface area (Å²) >= 11 is 0.906. The fourth-order valence-electron chi connectivity index (χ4n) is 1.70. The van der Waals surface area contributed by atoms with Crippen LogP contribution in [0.1, 0.15) is 4.88 Å². The van der Waals surface area contributed by atoms with Gasteiger partial charge in [0.15, 0.2) is 0 Å². The molecule has 24 heavy (non-hydrogen) atoms. The lowest BCUT2D eigenvalue weighted by Crippen LogP contribution is -2.23. The second kappa shape index (κ2) is 6.84. The minimum Gasteiger partial charge on any atom is -0.207 e. The molecule has 0 bridgehead atoms. The molecule has 0 atom stereocenters. The van der Waals surface area contributed by atoms with Gasteiger partial charge >= 0.3 is 0 Å². The largest absolute Gasteiger partial charge is 0.252 e. The van der Waals surface area contributed by atoms with Crippen LogP contribution in [-0.4, -0.2) is 35.2 Å². The minimum atomic E-state index is -4.13. The van der Waals surface area contributed by atoms with E-state index >= 15 is 0 Å². The smallest absolute Gasteiger partial charge is 0.207 e. The first-order valence-electron chi connectivity index (χ1n) is 6.49. The molecule has 0 radical (unpaired) electrons. The molecule has 0 aliphatic rings. The summed E-state index contributed by atoms with van der Waals surface area (Å²) in [5.41, 5.74) is 0. The van der Waals surface area contributed by atoms with Crippen LogP contribution in [0.15, 0.2) is 39.4 Å². The molecule has 1 heterocycles. The first kappa shape index (κ1) is 18.9. The Morgan fingerprint density at radius 3 is 2.17 bits per heavy atom. The molecule has 0 unspecified atom stereocenters. The summed E-state index contributed by atoms with van der Waals surface area (Å²) in [4.78, 5) is -0.103. The molecule has 0 saturated heterocycles. The molecule has 2 rings (SSSR count). The van der Waals surface area contributed by atoms with Gasteiger partial charge in [-0.05, 0) is 24.3 Å². The van der Waals surface area contributed by atoms with Crippen molar-refractivity contribution in [2.45, 2.75) is 15.6 Å². The monoisotopic (exact) mass is 396 g/mol. The van der Waals surface area contributed by atoms with Gasteiger partial charge in [0.1, 0.15) is 15.8 Å². The highest BCUT2D eigenvalue weighted by Crippen LogP contribution is 2.24. The van der Waals surface area contributed by atoms with Crippen molar-refractivity contribution < 1.29 is 25.6 Å². The van der Waals surface area contributed by atoms with Crippen LogP contribution in [0.3, 0.4) is 0 Å². The Morgan fingerprint density at radius 2 is 1.62 bits per heavy atom. The topological polar surface area (TPSA) is 83.6 Å². The summed E-state index contributed by atoms with van der Waals surface area (Å²) in [6, 6.07) is 4.79. The Hall–Kier alpha value is -1.40. The molecule has 1 aromatic carbocycles. The molecule has 0 amide bonds. The zero-order valence-corrected chi connectivity index (χ0v) is 15.1. The van der Waals surface area contributed by atoms with Crippen molar-refractivity contribution in [2.24, 2.45) is 0 Å². The van der Waals surface area contributed by atoms with Gasteiger partial charge in [0, 0.05) is 31.6 Å². The molecule has 0 saturated carbocycles. The first-order valence-corrected chi connectivity index (χ1v) is 10.2. The SMILES string of the molecule is CN(C)S(=O)(=O)c1ccc(CNS(=O)(=O)c2cc(F)cc(F)c2)s1. The third kappa shape index (κ3) is 4.16. The van der Waals surface area contributed by atoms with E-state index < -0.39 is 36.6 Å². The second-order valence-electron chi connectivity index (χ2n) is 4.94. The molecule has 0 aliphatic carbocycles. The third-order valence-electron chi connectivity index (χ3n) is 2.95. The zero-order chi connectivity index (χ0) is 18.1. The van der Waals surface area contributed by atoms with Crippen LogP contribution < -0.4 is 4.72 Å². The molecule has 2 aromatic rings. The van der Waals surface area contributed by atoms with Crippen LogP contribution in [0.4, 0.5) is 8.78 Å². The van der Waals surface area contributed by atoms with Gasteiger partial charge in [0.2, 0.25) is 10.0 Å². The van der Waals surface area contributed by atoms with Crippen LogP contribution in [0.25, 0.3) is 0 Å². The Balaban J connectivity index is 2.18. The van der Waals surface area contributed by atoms with Gasteiger partial charge in [-0.15, -0.1) is 11.3 Å². The van der Waals surface area contributed by atoms with Crippen molar-refractivity contribution in [2.75, 3.05) is 14.1 Å². The summed E-state index contributed by atoms with van der Waals surface area (Å²) in [5, 5.41) is 0. The van der Waals surface area contributed by atoms with Crippen LogP contribution in [-0.2, 0) is 26.6 Å². The molecular formula is C13H14F2N2O4S3. The average Bonchev–Trinajstić information content (AvgIpc) is 2.93. The van der Waals surface area contributed by atoms with Crippen molar-refractivity contribution in [3.05, 3.63) is 46.8 Å². The van der Waals surface area contributed by atoms with E-state index in [4.69, 9.17) is 0 Å². The molecule has 132 valence electrons. The summed E-state index contributed by atoms with van der Waals surface area (Å²) in [5.74, 6) is -2.02. The molecule has 0 fully saturated rings. The van der Waals surface area contributed by atoms with Gasteiger partial charge in [-0.3, -0.25) is 0 Å². The van der Waals surface area contributed by atoms with Gasteiger partial charge in [0.05, 0.1) is 4.90 Å². The number of rotatable bonds is 6. The highest BCUT2D eigenvalue weighted by molar-refractivity contribution is 7.91. The van der Waals surface area contributed by atoms with Crippen molar-refractivity contribution in [1.29, 1.82) is 0 Å². The molecule has 0 aliphatic heterocycles. The number of halogens is 2. The average molecular weight is 396 g/mol. The van der Waals surface area contributed by atoms with Gasteiger partial charge in [-0.1, -0.05) is 0 Å². The first-order chi connectivity index (χ1) is 11.0. The highest BCUT2D eigenvalue weighted by atomic mass is 32.2. The maximum absolute atomic E-state index is 13.1. The highest BCUT2D eigenvalue weighted by Gasteiger charge is 2.21. The van der Waals surface area contributed by atoms with Crippen LogP contribution in [0.5, 0.6) is 0 Å². The number of hydrogen-bond donors (Lipinski definition) is 1. The van der Waals surface area contributed by atoms with Gasteiger partial charge in [-0.2, -0.15) is 0 Å². The Kier molecular flexibility index (Phi) is 5.40. The number of sulfonamides is 2. The van der Waals surface area contributed by atoms with Crippen molar-refractivity contribution in [1.82, 2.24) is 9.03 Å². The number of benzene rings is 1. The van der Waals surface area contributed by atoms with E-state index in [9.17, 15) is 25.6 Å². The predicted octanol–water partition coefficient (Wildman–Crippen LogP) is 1.76. The number of hydrogen-bond acceptors (Lipinski definition) is 5. The van der Waals surface area contributed by atoms with E-state index in [1.165, 1.54) is 26.2 Å². The predicted molar refractivity (Wildman–Crippen MR) is 85.6 cm³/mol. The van der Waals surface area contributed by atoms with Gasteiger partial charge in [-0.25, -0.2) is 34.6 Å². The zero-order valence-electron chi connectivity index (χ0n) is 12.7. The molecule has 1 N–H and O–H groups in total. The molecular weight excluding hydrogens is 382 g/mol. The van der Waals surface area contributed by atoms with E-state index in [2.05, 4.69) is 4.72 Å². The number of nitrogens with one attached hydrogen (secondary N) is 1. The summed E-state index contributed by atoms with van der Waals surface area (Å²) < 4.78 is 77.6. The Labute approximate surface area is 142 Å². The van der Waals surface area contributed by atoms with E-state index in [0.717, 1.165) is 15.6 Å². The van der Waals surface area contributed by atoms with Crippen molar-refractivity contribution in [3.8, 4) is 0 Å². The lowest BCUT2D eigenvalue weighted by molar-refractivity contribution is 0.523. The maximum atomic E-state index is 13.1. The third-order valence-corrected chi connectivity index (χ3v) is 7.70. The second-order valence-corrected chi connectivity index (χ2v) is 10.3. The van der Waals surface area contributed by atoms with Gasteiger partial charge in [0.25, 0.3) is 10.0 Å². The quantitative estimate of drug-likeness (QED) is 0.806. The standard InChI is InChI=1S/C13H14F2N2O4S3/c1-17(2)24(20,21)13-4-3-11(22-13)8-16-23(18,19)12-6-9(14)5-10(15)7-12/h3-7,16H,8H2,1-2H3. The maximum Gasteiger partial charge on any atom is 0.252 e. The van der Waals surface area contributed by atoms with E-state index in [1.807, 2.05) is 0 Å². The summed E-state index contributed by atoms with van der Waals surface area (Å²) in [7, 11) is -4.96. The van der Waals surface area contributed by atoms with Crippen molar-refractivity contribution in [3.63, 3.8) is 0 Å². The minimum absolute atomic E-state index is 0.0681. The summed E-state index contributed by atoms with van der Waals surface area (Å²) in [6.45, 7) is -0.200. The van der Waals surface area contributed by atoms with Crippen LogP contribution >= 0.6 is 11.3 Å². The Bertz CT molecular complexity index is 933.